The summed E-state index contributed by atoms with van der Waals surface area (Å²) in [6.07, 6.45) is 1.62. The molecule has 0 unspecified atom stereocenters. The Hall–Kier alpha value is -3.99. The molecular formula is C24H20N4O. The molecule has 5 nitrogen and oxygen atoms in total. The number of aromatic nitrogens is 2. The van der Waals surface area contributed by atoms with Crippen molar-refractivity contribution in [3.8, 4) is 22.4 Å². The topological polar surface area (TPSA) is 70.1 Å². The van der Waals surface area contributed by atoms with Gasteiger partial charge >= 0.3 is 0 Å². The standard InChI is InChI=1S/C24H20N4O/c1-17-7-11-21(12-8-17)22-15-23(27-26-22)24(29)28-25-16-18-9-13-20(14-10-18)19-5-3-2-4-6-19/h2-16H,1H3,(H,26,27)(H,28,29). The van der Waals surface area contributed by atoms with Gasteiger partial charge in [-0.3, -0.25) is 9.89 Å². The molecular weight excluding hydrogens is 360 g/mol. The van der Waals surface area contributed by atoms with Crippen LogP contribution in [0.3, 0.4) is 0 Å². The van der Waals surface area contributed by atoms with Crippen LogP contribution in [0.5, 0.6) is 0 Å². The largest absolute Gasteiger partial charge is 0.289 e. The normalized spacial score (nSPS) is 10.9. The fourth-order valence-corrected chi connectivity index (χ4v) is 2.93. The second-order valence-electron chi connectivity index (χ2n) is 6.72. The number of carbonyl (C=O) groups excluding carboxylic acids is 1. The average Bonchev–Trinajstić information content (AvgIpc) is 3.26. The van der Waals surface area contributed by atoms with Crippen molar-refractivity contribution in [3.63, 3.8) is 0 Å². The van der Waals surface area contributed by atoms with Crippen LogP contribution < -0.4 is 5.43 Å². The fraction of sp³-hybridized carbons (Fsp3) is 0.0417. The Morgan fingerprint density at radius 1 is 0.897 bits per heavy atom. The van der Waals surface area contributed by atoms with E-state index in [4.69, 9.17) is 0 Å². The van der Waals surface area contributed by atoms with Gasteiger partial charge in [0.25, 0.3) is 5.91 Å². The molecule has 2 N–H and O–H groups in total. The van der Waals surface area contributed by atoms with Crippen molar-refractivity contribution in [3.05, 3.63) is 102 Å². The molecule has 0 aliphatic rings. The van der Waals surface area contributed by atoms with Crippen LogP contribution in [0.1, 0.15) is 21.6 Å². The van der Waals surface area contributed by atoms with Gasteiger partial charge in [0.2, 0.25) is 0 Å². The maximum absolute atomic E-state index is 12.3. The average molecular weight is 380 g/mol. The molecule has 1 aromatic heterocycles. The lowest BCUT2D eigenvalue weighted by molar-refractivity contribution is 0.0950. The summed E-state index contributed by atoms with van der Waals surface area (Å²) in [6, 6.07) is 27.8. The minimum atomic E-state index is -0.340. The van der Waals surface area contributed by atoms with Crippen LogP contribution in [0.25, 0.3) is 22.4 Å². The number of aryl methyl sites for hydroxylation is 1. The van der Waals surface area contributed by atoms with Crippen molar-refractivity contribution in [2.45, 2.75) is 6.92 Å². The van der Waals surface area contributed by atoms with Gasteiger partial charge in [-0.05, 0) is 29.7 Å². The summed E-state index contributed by atoms with van der Waals surface area (Å²) in [5, 5.41) is 11.0. The zero-order chi connectivity index (χ0) is 20.1. The molecule has 4 aromatic rings. The minimum Gasteiger partial charge on any atom is -0.272 e. The number of aromatic amines is 1. The Labute approximate surface area is 169 Å². The lowest BCUT2D eigenvalue weighted by Crippen LogP contribution is -2.17. The van der Waals surface area contributed by atoms with Gasteiger partial charge in [-0.1, -0.05) is 84.4 Å². The molecule has 1 heterocycles. The molecule has 29 heavy (non-hydrogen) atoms. The van der Waals surface area contributed by atoms with Gasteiger partial charge in [-0.15, -0.1) is 0 Å². The smallest absolute Gasteiger partial charge is 0.272 e. The van der Waals surface area contributed by atoms with Crippen LogP contribution in [0.4, 0.5) is 0 Å². The summed E-state index contributed by atoms with van der Waals surface area (Å²) in [4.78, 5) is 12.3. The molecule has 0 saturated heterocycles. The molecule has 0 saturated carbocycles. The predicted molar refractivity (Wildman–Crippen MR) is 116 cm³/mol. The first-order chi connectivity index (χ1) is 14.2. The van der Waals surface area contributed by atoms with Crippen molar-refractivity contribution in [1.29, 1.82) is 0 Å². The first-order valence-corrected chi connectivity index (χ1v) is 9.30. The molecule has 0 atom stereocenters. The minimum absolute atomic E-state index is 0.340. The molecule has 0 spiro atoms. The van der Waals surface area contributed by atoms with Crippen molar-refractivity contribution < 1.29 is 4.79 Å². The van der Waals surface area contributed by atoms with E-state index >= 15 is 0 Å². The predicted octanol–water partition coefficient (Wildman–Crippen LogP) is 4.82. The van der Waals surface area contributed by atoms with Crippen LogP contribution in [0.2, 0.25) is 0 Å². The Bertz CT molecular complexity index is 1130. The molecule has 0 aliphatic carbocycles. The number of amides is 1. The van der Waals surface area contributed by atoms with Crippen molar-refractivity contribution in [2.24, 2.45) is 5.10 Å². The van der Waals surface area contributed by atoms with E-state index in [0.29, 0.717) is 5.69 Å². The molecule has 142 valence electrons. The Kier molecular flexibility index (Phi) is 5.29. The number of nitrogens with zero attached hydrogens (tertiary/aromatic N) is 2. The van der Waals surface area contributed by atoms with E-state index in [1.165, 1.54) is 5.56 Å². The summed E-state index contributed by atoms with van der Waals surface area (Å²) in [5.74, 6) is -0.340. The summed E-state index contributed by atoms with van der Waals surface area (Å²) < 4.78 is 0. The van der Waals surface area contributed by atoms with Crippen molar-refractivity contribution in [2.75, 3.05) is 0 Å². The van der Waals surface area contributed by atoms with E-state index in [-0.39, 0.29) is 5.91 Å². The number of rotatable bonds is 5. The summed E-state index contributed by atoms with van der Waals surface area (Å²) in [5.41, 5.74) is 8.92. The highest BCUT2D eigenvalue weighted by Gasteiger charge is 2.10. The van der Waals surface area contributed by atoms with Gasteiger partial charge in [0, 0.05) is 5.56 Å². The van der Waals surface area contributed by atoms with Crippen LogP contribution in [-0.4, -0.2) is 22.3 Å². The first kappa shape index (κ1) is 18.4. The molecule has 0 fully saturated rings. The Morgan fingerprint density at radius 2 is 1.55 bits per heavy atom. The van der Waals surface area contributed by atoms with E-state index in [1.54, 1.807) is 12.3 Å². The van der Waals surface area contributed by atoms with E-state index in [2.05, 4.69) is 32.9 Å². The summed E-state index contributed by atoms with van der Waals surface area (Å²) >= 11 is 0. The lowest BCUT2D eigenvalue weighted by atomic mass is 10.0. The van der Waals surface area contributed by atoms with Crippen LogP contribution in [-0.2, 0) is 0 Å². The molecule has 5 heteroatoms. The maximum Gasteiger partial charge on any atom is 0.289 e. The first-order valence-electron chi connectivity index (χ1n) is 9.30. The third-order valence-corrected chi connectivity index (χ3v) is 4.57. The number of nitrogens with one attached hydrogen (secondary N) is 2. The number of carbonyl (C=O) groups is 1. The molecule has 4 rings (SSSR count). The van der Waals surface area contributed by atoms with Crippen LogP contribution in [0.15, 0.2) is 90.0 Å². The van der Waals surface area contributed by atoms with Gasteiger partial charge in [-0.25, -0.2) is 5.43 Å². The number of hydrogen-bond donors (Lipinski definition) is 2. The van der Waals surface area contributed by atoms with Gasteiger partial charge in [0.1, 0.15) is 5.69 Å². The number of benzene rings is 3. The van der Waals surface area contributed by atoms with Crippen molar-refractivity contribution in [1.82, 2.24) is 15.6 Å². The molecule has 0 radical (unpaired) electrons. The summed E-state index contributed by atoms with van der Waals surface area (Å²) in [6.45, 7) is 2.03. The SMILES string of the molecule is Cc1ccc(-c2cc(C(=O)NN=Cc3ccc(-c4ccccc4)cc3)[nH]n2)cc1. The maximum atomic E-state index is 12.3. The molecule has 1 amide bonds. The number of hydrogen-bond acceptors (Lipinski definition) is 3. The summed E-state index contributed by atoms with van der Waals surface area (Å²) in [7, 11) is 0. The quantitative estimate of drug-likeness (QED) is 0.385. The third kappa shape index (κ3) is 4.47. The van der Waals surface area contributed by atoms with Gasteiger partial charge in [-0.2, -0.15) is 10.2 Å². The molecule has 0 bridgehead atoms. The highest BCUT2D eigenvalue weighted by Crippen LogP contribution is 2.19. The van der Waals surface area contributed by atoms with E-state index in [1.807, 2.05) is 73.7 Å². The third-order valence-electron chi connectivity index (χ3n) is 4.57. The zero-order valence-corrected chi connectivity index (χ0v) is 16.0. The van der Waals surface area contributed by atoms with Crippen LogP contribution in [0, 0.1) is 6.92 Å². The fourth-order valence-electron chi connectivity index (χ4n) is 2.93. The van der Waals surface area contributed by atoms with E-state index < -0.39 is 0 Å². The second kappa shape index (κ2) is 8.35. The Morgan fingerprint density at radius 3 is 2.28 bits per heavy atom. The van der Waals surface area contributed by atoms with E-state index in [9.17, 15) is 4.79 Å². The van der Waals surface area contributed by atoms with Crippen molar-refractivity contribution >= 4 is 12.1 Å². The zero-order valence-electron chi connectivity index (χ0n) is 16.0. The molecule has 3 aromatic carbocycles. The van der Waals surface area contributed by atoms with E-state index in [0.717, 1.165) is 27.9 Å². The second-order valence-corrected chi connectivity index (χ2v) is 6.72. The highest BCUT2D eigenvalue weighted by molar-refractivity contribution is 5.94. The van der Waals surface area contributed by atoms with Gasteiger partial charge in [0.05, 0.1) is 11.9 Å². The molecule has 0 aliphatic heterocycles. The number of H-pyrrole nitrogens is 1. The number of hydrazone groups is 1. The van der Waals surface area contributed by atoms with Gasteiger partial charge < -0.3 is 0 Å². The van der Waals surface area contributed by atoms with Crippen LogP contribution >= 0.6 is 0 Å². The van der Waals surface area contributed by atoms with Gasteiger partial charge in [0.15, 0.2) is 0 Å². The highest BCUT2D eigenvalue weighted by atomic mass is 16.2. The monoisotopic (exact) mass is 380 g/mol. The lowest BCUT2D eigenvalue weighted by Gasteiger charge is -2.01. The Balaban J connectivity index is 1.38.